The summed E-state index contributed by atoms with van der Waals surface area (Å²) in [5.74, 6) is 0.416. The van der Waals surface area contributed by atoms with E-state index in [1.807, 2.05) is 4.90 Å². The quantitative estimate of drug-likeness (QED) is 0.600. The summed E-state index contributed by atoms with van der Waals surface area (Å²) in [6.45, 7) is -0.452. The Morgan fingerprint density at radius 1 is 1.03 bits per heavy atom. The number of aromatic amines is 1. The third-order valence-corrected chi connectivity index (χ3v) is 6.18. The van der Waals surface area contributed by atoms with Crippen molar-refractivity contribution >= 4 is 28.9 Å². The molecule has 0 saturated carbocycles. The molecule has 2 aliphatic heterocycles. The van der Waals surface area contributed by atoms with Crippen LogP contribution in [0.25, 0.3) is 17.1 Å². The van der Waals surface area contributed by atoms with Gasteiger partial charge in [0.2, 0.25) is 5.91 Å². The van der Waals surface area contributed by atoms with E-state index in [0.717, 1.165) is 5.52 Å². The van der Waals surface area contributed by atoms with Gasteiger partial charge in [-0.25, -0.2) is 0 Å². The highest BCUT2D eigenvalue weighted by molar-refractivity contribution is 5.97. The van der Waals surface area contributed by atoms with Crippen molar-refractivity contribution in [2.24, 2.45) is 11.8 Å². The zero-order valence-corrected chi connectivity index (χ0v) is 17.5. The first-order valence-electron chi connectivity index (χ1n) is 10.6. The predicted molar refractivity (Wildman–Crippen MR) is 115 cm³/mol. The molecule has 2 saturated heterocycles. The summed E-state index contributed by atoms with van der Waals surface area (Å²) in [5.41, 5.74) is 2.73. The fourth-order valence-corrected chi connectivity index (χ4v) is 4.53. The molecule has 2 atom stereocenters. The number of benzene rings is 2. The number of aromatic nitrogens is 3. The van der Waals surface area contributed by atoms with Crippen LogP contribution in [0.15, 0.2) is 48.5 Å². The topological polar surface area (TPSA) is 91.4 Å². The number of halogens is 2. The second kappa shape index (κ2) is 8.61. The molecule has 2 aliphatic rings. The minimum atomic E-state index is -2.87. The molecule has 0 radical (unpaired) electrons. The highest BCUT2D eigenvalue weighted by Gasteiger charge is 2.42. The Hall–Kier alpha value is -3.82. The Balaban J connectivity index is 1.16. The summed E-state index contributed by atoms with van der Waals surface area (Å²) in [5, 5.41) is 10.5. The highest BCUT2D eigenvalue weighted by atomic mass is 19.3. The Morgan fingerprint density at radius 3 is 2.42 bits per heavy atom. The molecular weight excluding hydrogens is 432 g/mol. The smallest absolute Gasteiger partial charge is 0.387 e. The molecule has 0 bridgehead atoms. The van der Waals surface area contributed by atoms with Crippen LogP contribution in [0.1, 0.15) is 15.9 Å². The van der Waals surface area contributed by atoms with Crippen LogP contribution in [0.3, 0.4) is 0 Å². The van der Waals surface area contributed by atoms with E-state index in [1.165, 1.54) is 18.2 Å². The van der Waals surface area contributed by atoms with Crippen LogP contribution in [-0.4, -0.2) is 69.8 Å². The van der Waals surface area contributed by atoms with Crippen LogP contribution in [0.5, 0.6) is 5.75 Å². The van der Waals surface area contributed by atoms with E-state index in [4.69, 9.17) is 0 Å². The second-order valence-electron chi connectivity index (χ2n) is 8.30. The summed E-state index contributed by atoms with van der Waals surface area (Å²) in [7, 11) is 0. The number of hydrogen-bond acceptors (Lipinski definition) is 5. The number of ether oxygens (including phenoxy) is 1. The number of H-pyrrole nitrogens is 1. The number of nitrogens with one attached hydrogen (secondary N) is 1. The van der Waals surface area contributed by atoms with Gasteiger partial charge >= 0.3 is 6.61 Å². The Morgan fingerprint density at radius 2 is 1.73 bits per heavy atom. The number of hydrogen-bond donors (Lipinski definition) is 1. The molecule has 1 N–H and O–H groups in total. The minimum Gasteiger partial charge on any atom is -0.435 e. The lowest BCUT2D eigenvalue weighted by Crippen LogP contribution is -2.35. The van der Waals surface area contributed by atoms with Crippen LogP contribution >= 0.6 is 0 Å². The summed E-state index contributed by atoms with van der Waals surface area (Å²) >= 11 is 0. The van der Waals surface area contributed by atoms with E-state index in [1.54, 1.807) is 41.3 Å². The van der Waals surface area contributed by atoms with E-state index < -0.39 is 6.61 Å². The largest absolute Gasteiger partial charge is 0.435 e. The Bertz CT molecular complexity index is 1200. The maximum atomic E-state index is 12.9. The molecule has 3 heterocycles. The molecule has 2 aromatic carbocycles. The van der Waals surface area contributed by atoms with Gasteiger partial charge in [-0.05, 0) is 42.0 Å². The summed E-state index contributed by atoms with van der Waals surface area (Å²) in [4.78, 5) is 29.2. The van der Waals surface area contributed by atoms with Gasteiger partial charge in [-0.15, -0.1) is 5.10 Å². The SMILES string of the molecule is O=C(/C=C/c1ccc(OC(F)F)cc1)N1C[C@@H]2CN(C(=O)c3ccc4[nH]nnc4c3)C[C@H]2C1. The predicted octanol–water partition coefficient (Wildman–Crippen LogP) is 2.80. The van der Waals surface area contributed by atoms with E-state index in [9.17, 15) is 18.4 Å². The Kier molecular flexibility index (Phi) is 5.49. The van der Waals surface area contributed by atoms with Crippen LogP contribution in [0.2, 0.25) is 0 Å². The molecule has 10 heteroatoms. The van der Waals surface area contributed by atoms with E-state index >= 15 is 0 Å². The minimum absolute atomic E-state index is 0.0358. The maximum absolute atomic E-state index is 12.9. The fraction of sp³-hybridized carbons (Fsp3) is 0.304. The Labute approximate surface area is 187 Å². The second-order valence-corrected chi connectivity index (χ2v) is 8.30. The van der Waals surface area contributed by atoms with Crippen molar-refractivity contribution < 1.29 is 23.1 Å². The lowest BCUT2D eigenvalue weighted by Gasteiger charge is -2.21. The summed E-state index contributed by atoms with van der Waals surface area (Å²) < 4.78 is 28.8. The molecule has 0 spiro atoms. The van der Waals surface area contributed by atoms with Crippen LogP contribution in [0.4, 0.5) is 8.78 Å². The number of carbonyl (C=O) groups excluding carboxylic acids is 2. The van der Waals surface area contributed by atoms with Crippen molar-refractivity contribution in [3.05, 3.63) is 59.7 Å². The van der Waals surface area contributed by atoms with E-state index in [-0.39, 0.29) is 29.4 Å². The summed E-state index contributed by atoms with van der Waals surface area (Å²) in [6.07, 6.45) is 3.14. The molecule has 0 aliphatic carbocycles. The van der Waals surface area contributed by atoms with Gasteiger partial charge in [0.15, 0.2) is 0 Å². The molecule has 3 aromatic rings. The van der Waals surface area contributed by atoms with Crippen molar-refractivity contribution in [2.75, 3.05) is 26.2 Å². The zero-order valence-electron chi connectivity index (χ0n) is 17.5. The van der Waals surface area contributed by atoms with Crippen molar-refractivity contribution in [1.29, 1.82) is 0 Å². The maximum Gasteiger partial charge on any atom is 0.387 e. The van der Waals surface area contributed by atoms with Gasteiger partial charge in [0, 0.05) is 49.7 Å². The van der Waals surface area contributed by atoms with Gasteiger partial charge in [-0.1, -0.05) is 17.3 Å². The molecule has 170 valence electrons. The molecule has 0 unspecified atom stereocenters. The third kappa shape index (κ3) is 4.41. The van der Waals surface area contributed by atoms with Gasteiger partial charge in [0.05, 0.1) is 5.52 Å². The van der Waals surface area contributed by atoms with Crippen molar-refractivity contribution in [3.8, 4) is 5.75 Å². The van der Waals surface area contributed by atoms with Gasteiger partial charge in [-0.2, -0.15) is 8.78 Å². The average molecular weight is 453 g/mol. The number of amides is 2. The van der Waals surface area contributed by atoms with Crippen LogP contribution in [0, 0.1) is 11.8 Å². The van der Waals surface area contributed by atoms with Crippen molar-refractivity contribution in [2.45, 2.75) is 6.61 Å². The number of carbonyl (C=O) groups is 2. The lowest BCUT2D eigenvalue weighted by molar-refractivity contribution is -0.125. The molecule has 2 amide bonds. The fourth-order valence-electron chi connectivity index (χ4n) is 4.53. The monoisotopic (exact) mass is 453 g/mol. The molecule has 8 nitrogen and oxygen atoms in total. The van der Waals surface area contributed by atoms with Gasteiger partial charge in [0.25, 0.3) is 5.91 Å². The van der Waals surface area contributed by atoms with Gasteiger partial charge in [-0.3, -0.25) is 14.7 Å². The molecule has 33 heavy (non-hydrogen) atoms. The zero-order chi connectivity index (χ0) is 22.9. The molecule has 1 aromatic heterocycles. The number of likely N-dealkylation sites (tertiary alicyclic amines) is 2. The van der Waals surface area contributed by atoms with E-state index in [0.29, 0.717) is 42.8 Å². The molecule has 5 rings (SSSR count). The standard InChI is InChI=1S/C23H21F2N5O3/c24-23(25)33-18-5-1-14(2-6-18)3-8-21(31)29-10-16-12-30(13-17(16)11-29)22(32)15-4-7-19-20(9-15)27-28-26-19/h1-9,16-17,23H,10-13H2,(H,26,27,28)/b8-3+/t16-,17-/m1/s1. The lowest BCUT2D eigenvalue weighted by atomic mass is 10.0. The van der Waals surface area contributed by atoms with Crippen molar-refractivity contribution in [3.63, 3.8) is 0 Å². The number of fused-ring (bicyclic) bond motifs is 2. The number of alkyl halides is 2. The molecule has 2 fully saturated rings. The number of nitrogens with zero attached hydrogens (tertiary/aromatic N) is 4. The van der Waals surface area contributed by atoms with Crippen LogP contribution < -0.4 is 4.74 Å². The van der Waals surface area contributed by atoms with Gasteiger partial charge < -0.3 is 14.5 Å². The van der Waals surface area contributed by atoms with Crippen molar-refractivity contribution in [1.82, 2.24) is 25.2 Å². The first kappa shape index (κ1) is 21.0. The van der Waals surface area contributed by atoms with E-state index in [2.05, 4.69) is 20.1 Å². The van der Waals surface area contributed by atoms with Crippen LogP contribution in [-0.2, 0) is 4.79 Å². The normalized spacial score (nSPS) is 20.2. The first-order chi connectivity index (χ1) is 16.0. The summed E-state index contributed by atoms with van der Waals surface area (Å²) in [6, 6.07) is 11.4. The molecular formula is C23H21F2N5O3. The van der Waals surface area contributed by atoms with Gasteiger partial charge in [0.1, 0.15) is 11.3 Å². The first-order valence-corrected chi connectivity index (χ1v) is 10.6. The average Bonchev–Trinajstić information content (AvgIpc) is 3.51. The number of rotatable bonds is 5. The third-order valence-electron chi connectivity index (χ3n) is 6.18. The highest BCUT2D eigenvalue weighted by Crippen LogP contribution is 2.32.